The molecule has 0 radical (unpaired) electrons. The second-order valence-corrected chi connectivity index (χ2v) is 7.91. The summed E-state index contributed by atoms with van der Waals surface area (Å²) >= 11 is 1.65. The number of rotatable bonds is 7. The Kier molecular flexibility index (Phi) is 5.94. The molecule has 0 saturated carbocycles. The summed E-state index contributed by atoms with van der Waals surface area (Å²) in [5.74, 6) is -0.0144. The molecule has 8 nitrogen and oxygen atoms in total. The van der Waals surface area contributed by atoms with Crippen molar-refractivity contribution in [1.29, 1.82) is 0 Å². The molecular weight excluding hydrogens is 414 g/mol. The van der Waals surface area contributed by atoms with E-state index in [-0.39, 0.29) is 18.4 Å². The van der Waals surface area contributed by atoms with Crippen LogP contribution in [0.3, 0.4) is 0 Å². The number of anilines is 1. The molecule has 0 atom stereocenters. The molecule has 2 N–H and O–H groups in total. The molecular formula is C22H21N5O3S. The molecule has 4 rings (SSSR count). The van der Waals surface area contributed by atoms with Crippen molar-refractivity contribution in [3.63, 3.8) is 0 Å². The summed E-state index contributed by atoms with van der Waals surface area (Å²) in [5, 5.41) is 12.5. The van der Waals surface area contributed by atoms with E-state index in [1.54, 1.807) is 59.6 Å². The maximum Gasteiger partial charge on any atom is 0.257 e. The fourth-order valence-corrected chi connectivity index (χ4v) is 3.80. The fraction of sp³-hybridized carbons (Fsp3) is 0.182. The van der Waals surface area contributed by atoms with Gasteiger partial charge in [-0.1, -0.05) is 12.1 Å². The number of pyridine rings is 1. The van der Waals surface area contributed by atoms with Gasteiger partial charge >= 0.3 is 0 Å². The lowest BCUT2D eigenvalue weighted by Crippen LogP contribution is -2.24. The normalized spacial score (nSPS) is 10.8. The average molecular weight is 436 g/mol. The second kappa shape index (κ2) is 8.97. The largest absolute Gasteiger partial charge is 0.484 e. The van der Waals surface area contributed by atoms with Crippen LogP contribution < -0.4 is 15.4 Å². The van der Waals surface area contributed by atoms with E-state index in [4.69, 9.17) is 4.74 Å². The van der Waals surface area contributed by atoms with E-state index in [9.17, 15) is 9.59 Å². The number of hydrogen-bond donors (Lipinski definition) is 2. The van der Waals surface area contributed by atoms with Crippen molar-refractivity contribution in [2.75, 3.05) is 19.0 Å². The zero-order chi connectivity index (χ0) is 21.8. The summed E-state index contributed by atoms with van der Waals surface area (Å²) in [5.41, 5.74) is 2.46. The molecule has 158 valence electrons. The number of nitrogens with one attached hydrogen (secondary N) is 2. The molecule has 0 fully saturated rings. The van der Waals surface area contributed by atoms with Crippen LogP contribution in [0.15, 0.2) is 54.0 Å². The topological polar surface area (TPSA) is 98.1 Å². The number of fused-ring (bicyclic) bond motifs is 1. The molecule has 1 aromatic carbocycles. The minimum absolute atomic E-state index is 0.0957. The van der Waals surface area contributed by atoms with Crippen LogP contribution in [-0.2, 0) is 11.3 Å². The van der Waals surface area contributed by atoms with Crippen molar-refractivity contribution in [1.82, 2.24) is 20.1 Å². The molecule has 4 aromatic rings. The number of nitrogens with zero attached hydrogens (tertiary/aromatic N) is 3. The minimum Gasteiger partial charge on any atom is -0.484 e. The lowest BCUT2D eigenvalue weighted by Gasteiger charge is -2.10. The standard InChI is InChI=1S/C22H21N5O3S/c1-14-9-18(19-11-24-27(21(19)25-14)12-17-7-4-8-31-17)22(29)26-15-5-3-6-16(10-15)30-13-20(28)23-2/h3-11H,12-13H2,1-2H3,(H,23,28)(H,26,29). The maximum absolute atomic E-state index is 13.1. The molecule has 3 heterocycles. The number of likely N-dealkylation sites (N-methyl/N-ethyl adjacent to an activating group) is 1. The van der Waals surface area contributed by atoms with Gasteiger partial charge in [0, 0.05) is 29.4 Å². The maximum atomic E-state index is 13.1. The fourth-order valence-electron chi connectivity index (χ4n) is 3.11. The van der Waals surface area contributed by atoms with Gasteiger partial charge < -0.3 is 15.4 Å². The zero-order valence-corrected chi connectivity index (χ0v) is 17.9. The van der Waals surface area contributed by atoms with E-state index in [1.165, 1.54) is 0 Å². The van der Waals surface area contributed by atoms with E-state index in [2.05, 4.69) is 20.7 Å². The van der Waals surface area contributed by atoms with Gasteiger partial charge in [0.05, 0.1) is 23.7 Å². The average Bonchev–Trinajstić information content (AvgIpc) is 3.42. The molecule has 2 amide bonds. The number of carbonyl (C=O) groups excluding carboxylic acids is 2. The van der Waals surface area contributed by atoms with E-state index < -0.39 is 0 Å². The van der Waals surface area contributed by atoms with Gasteiger partial charge in [-0.25, -0.2) is 9.67 Å². The molecule has 0 aliphatic heterocycles. The van der Waals surface area contributed by atoms with Gasteiger partial charge in [-0.2, -0.15) is 5.10 Å². The van der Waals surface area contributed by atoms with Crippen LogP contribution in [0.2, 0.25) is 0 Å². The van der Waals surface area contributed by atoms with Crippen molar-refractivity contribution in [3.8, 4) is 5.75 Å². The summed E-state index contributed by atoms with van der Waals surface area (Å²) in [4.78, 5) is 30.2. The number of benzene rings is 1. The second-order valence-electron chi connectivity index (χ2n) is 6.87. The first-order valence-corrected chi connectivity index (χ1v) is 10.5. The number of thiophene rings is 1. The van der Waals surface area contributed by atoms with Crippen molar-refractivity contribution in [3.05, 3.63) is 70.2 Å². The van der Waals surface area contributed by atoms with Gasteiger partial charge in [-0.15, -0.1) is 11.3 Å². The number of aryl methyl sites for hydroxylation is 1. The van der Waals surface area contributed by atoms with Gasteiger partial charge in [0.1, 0.15) is 5.75 Å². The molecule has 3 aromatic heterocycles. The van der Waals surface area contributed by atoms with Crippen LogP contribution in [0.4, 0.5) is 5.69 Å². The summed E-state index contributed by atoms with van der Waals surface area (Å²) < 4.78 is 7.25. The minimum atomic E-state index is -0.269. The third-order valence-electron chi connectivity index (χ3n) is 4.61. The van der Waals surface area contributed by atoms with Crippen molar-refractivity contribution in [2.45, 2.75) is 13.5 Å². The predicted octanol–water partition coefficient (Wildman–Crippen LogP) is 3.23. The van der Waals surface area contributed by atoms with Crippen LogP contribution in [0.25, 0.3) is 11.0 Å². The third kappa shape index (κ3) is 4.72. The predicted molar refractivity (Wildman–Crippen MR) is 120 cm³/mol. The van der Waals surface area contributed by atoms with E-state index in [0.29, 0.717) is 34.6 Å². The first kappa shape index (κ1) is 20.5. The van der Waals surface area contributed by atoms with Gasteiger partial charge in [0.15, 0.2) is 12.3 Å². The van der Waals surface area contributed by atoms with Crippen molar-refractivity contribution in [2.24, 2.45) is 0 Å². The Morgan fingerprint density at radius 2 is 2.06 bits per heavy atom. The molecule has 0 aliphatic rings. The van der Waals surface area contributed by atoms with Gasteiger partial charge in [0.2, 0.25) is 0 Å². The third-order valence-corrected chi connectivity index (χ3v) is 5.47. The highest BCUT2D eigenvalue weighted by Gasteiger charge is 2.16. The van der Waals surface area contributed by atoms with Crippen LogP contribution in [0.1, 0.15) is 20.9 Å². The number of hydrogen-bond acceptors (Lipinski definition) is 6. The Hall–Kier alpha value is -3.72. The van der Waals surface area contributed by atoms with E-state index in [0.717, 1.165) is 10.6 Å². The number of amides is 2. The first-order chi connectivity index (χ1) is 15.0. The molecule has 0 saturated heterocycles. The SMILES string of the molecule is CNC(=O)COc1cccc(NC(=O)c2cc(C)nc3c2cnn3Cc2cccs2)c1. The highest BCUT2D eigenvalue weighted by atomic mass is 32.1. The molecule has 0 aliphatic carbocycles. The van der Waals surface area contributed by atoms with Crippen molar-refractivity contribution < 1.29 is 14.3 Å². The smallest absolute Gasteiger partial charge is 0.257 e. The molecule has 9 heteroatoms. The van der Waals surface area contributed by atoms with Crippen LogP contribution in [-0.4, -0.2) is 40.2 Å². The van der Waals surface area contributed by atoms with Gasteiger partial charge in [-0.05, 0) is 36.6 Å². The Labute approximate surface area is 182 Å². The highest BCUT2D eigenvalue weighted by molar-refractivity contribution is 7.09. The lowest BCUT2D eigenvalue weighted by molar-refractivity contribution is -0.122. The van der Waals surface area contributed by atoms with Crippen LogP contribution in [0, 0.1) is 6.92 Å². The van der Waals surface area contributed by atoms with E-state index >= 15 is 0 Å². The first-order valence-electron chi connectivity index (χ1n) is 9.64. The Morgan fingerprint density at radius 3 is 2.84 bits per heavy atom. The Bertz CT molecular complexity index is 1230. The number of carbonyl (C=O) groups is 2. The summed E-state index contributed by atoms with van der Waals surface area (Å²) in [6.45, 7) is 2.36. The quantitative estimate of drug-likeness (QED) is 0.464. The molecule has 31 heavy (non-hydrogen) atoms. The molecule has 0 spiro atoms. The van der Waals surface area contributed by atoms with Crippen LogP contribution >= 0.6 is 11.3 Å². The van der Waals surface area contributed by atoms with Gasteiger partial charge in [-0.3, -0.25) is 9.59 Å². The van der Waals surface area contributed by atoms with Crippen molar-refractivity contribution >= 4 is 39.9 Å². The lowest BCUT2D eigenvalue weighted by atomic mass is 10.1. The van der Waals surface area contributed by atoms with E-state index in [1.807, 2.05) is 24.4 Å². The monoisotopic (exact) mass is 435 g/mol. The van der Waals surface area contributed by atoms with Crippen LogP contribution in [0.5, 0.6) is 5.75 Å². The Morgan fingerprint density at radius 1 is 1.19 bits per heavy atom. The summed E-state index contributed by atoms with van der Waals surface area (Å²) in [6.07, 6.45) is 1.67. The number of ether oxygens (including phenoxy) is 1. The summed E-state index contributed by atoms with van der Waals surface area (Å²) in [7, 11) is 1.54. The molecule has 0 unspecified atom stereocenters. The zero-order valence-electron chi connectivity index (χ0n) is 17.1. The summed E-state index contributed by atoms with van der Waals surface area (Å²) in [6, 6.07) is 12.7. The number of aromatic nitrogens is 3. The Balaban J connectivity index is 1.57. The molecule has 0 bridgehead atoms. The van der Waals surface area contributed by atoms with Gasteiger partial charge in [0.25, 0.3) is 11.8 Å². The highest BCUT2D eigenvalue weighted by Crippen LogP contribution is 2.23.